The van der Waals surface area contributed by atoms with Gasteiger partial charge in [-0.15, -0.1) is 0 Å². The smallest absolute Gasteiger partial charge is 0.0949 e. The van der Waals surface area contributed by atoms with E-state index in [-0.39, 0.29) is 0 Å². The van der Waals surface area contributed by atoms with Crippen molar-refractivity contribution in [2.24, 2.45) is 0 Å². The fourth-order valence-electron chi connectivity index (χ4n) is 2.22. The van der Waals surface area contributed by atoms with Crippen LogP contribution in [0.5, 0.6) is 0 Å². The summed E-state index contributed by atoms with van der Waals surface area (Å²) < 4.78 is 2.08. The van der Waals surface area contributed by atoms with E-state index >= 15 is 0 Å². The van der Waals surface area contributed by atoms with Gasteiger partial charge in [0.15, 0.2) is 0 Å². The summed E-state index contributed by atoms with van der Waals surface area (Å²) in [5.41, 5.74) is 2.51. The van der Waals surface area contributed by atoms with Crippen molar-refractivity contribution in [1.82, 2.24) is 9.55 Å². The first-order valence-corrected chi connectivity index (χ1v) is 7.09. The molecular formula is C16H23N3. The van der Waals surface area contributed by atoms with E-state index in [0.29, 0.717) is 6.04 Å². The van der Waals surface area contributed by atoms with E-state index in [2.05, 4.69) is 53.0 Å². The quantitative estimate of drug-likeness (QED) is 0.814. The first kappa shape index (κ1) is 13.7. The van der Waals surface area contributed by atoms with E-state index < -0.39 is 0 Å². The van der Waals surface area contributed by atoms with Crippen molar-refractivity contribution >= 4 is 5.69 Å². The zero-order valence-electron chi connectivity index (χ0n) is 11.8. The standard InChI is InChI=1S/C16H23N3/c1-3-4-6-14(2)18-16-8-5-7-15(11-16)12-19-10-9-17-13-19/h5,7-11,13-14,18H,3-4,6,12H2,1-2H3. The first-order chi connectivity index (χ1) is 9.28. The number of rotatable bonds is 7. The maximum Gasteiger partial charge on any atom is 0.0949 e. The summed E-state index contributed by atoms with van der Waals surface area (Å²) in [6, 6.07) is 9.16. The van der Waals surface area contributed by atoms with Gasteiger partial charge in [-0.25, -0.2) is 4.98 Å². The second kappa shape index (κ2) is 6.98. The SMILES string of the molecule is CCCCC(C)Nc1cccc(Cn2ccnc2)c1. The van der Waals surface area contributed by atoms with Gasteiger partial charge in [-0.05, 0) is 31.0 Å². The van der Waals surface area contributed by atoms with E-state index in [1.807, 2.05) is 18.7 Å². The van der Waals surface area contributed by atoms with Crippen molar-refractivity contribution in [3.8, 4) is 0 Å². The van der Waals surface area contributed by atoms with E-state index in [9.17, 15) is 0 Å². The van der Waals surface area contributed by atoms with E-state index in [4.69, 9.17) is 0 Å². The van der Waals surface area contributed by atoms with Crippen molar-refractivity contribution < 1.29 is 0 Å². The molecular weight excluding hydrogens is 234 g/mol. The number of benzene rings is 1. The first-order valence-electron chi connectivity index (χ1n) is 7.09. The van der Waals surface area contributed by atoms with Gasteiger partial charge in [0.1, 0.15) is 0 Å². The number of hydrogen-bond acceptors (Lipinski definition) is 2. The van der Waals surface area contributed by atoms with Crippen molar-refractivity contribution in [1.29, 1.82) is 0 Å². The summed E-state index contributed by atoms with van der Waals surface area (Å²) in [6.07, 6.45) is 9.42. The molecule has 1 heterocycles. The topological polar surface area (TPSA) is 29.9 Å². The van der Waals surface area contributed by atoms with Gasteiger partial charge in [0.2, 0.25) is 0 Å². The Kier molecular flexibility index (Phi) is 5.01. The largest absolute Gasteiger partial charge is 0.383 e. The number of aromatic nitrogens is 2. The lowest BCUT2D eigenvalue weighted by atomic mass is 10.1. The summed E-state index contributed by atoms with van der Waals surface area (Å²) in [5.74, 6) is 0. The Labute approximate surface area is 115 Å². The van der Waals surface area contributed by atoms with Gasteiger partial charge in [-0.3, -0.25) is 0 Å². The highest BCUT2D eigenvalue weighted by molar-refractivity contribution is 5.46. The summed E-state index contributed by atoms with van der Waals surface area (Å²) in [5, 5.41) is 3.57. The van der Waals surface area contributed by atoms with Crippen molar-refractivity contribution in [3.05, 3.63) is 48.5 Å². The summed E-state index contributed by atoms with van der Waals surface area (Å²) >= 11 is 0. The lowest BCUT2D eigenvalue weighted by Crippen LogP contribution is -2.14. The molecule has 0 aliphatic rings. The van der Waals surface area contributed by atoms with Crippen LogP contribution in [-0.2, 0) is 6.54 Å². The summed E-state index contributed by atoms with van der Waals surface area (Å²) in [4.78, 5) is 4.07. The van der Waals surface area contributed by atoms with Crippen LogP contribution in [0.2, 0.25) is 0 Å². The third-order valence-electron chi connectivity index (χ3n) is 3.26. The summed E-state index contributed by atoms with van der Waals surface area (Å²) in [7, 11) is 0. The highest BCUT2D eigenvalue weighted by atomic mass is 15.0. The second-order valence-corrected chi connectivity index (χ2v) is 5.12. The molecule has 0 saturated heterocycles. The van der Waals surface area contributed by atoms with Crippen LogP contribution in [0.4, 0.5) is 5.69 Å². The minimum atomic E-state index is 0.531. The molecule has 0 aliphatic heterocycles. The highest BCUT2D eigenvalue weighted by Crippen LogP contribution is 2.14. The number of imidazole rings is 1. The molecule has 0 amide bonds. The Hall–Kier alpha value is -1.77. The molecule has 2 rings (SSSR count). The third-order valence-corrected chi connectivity index (χ3v) is 3.26. The number of nitrogens with zero attached hydrogens (tertiary/aromatic N) is 2. The Balaban J connectivity index is 1.95. The maximum absolute atomic E-state index is 4.07. The van der Waals surface area contributed by atoms with Crippen LogP contribution in [0, 0.1) is 0 Å². The Morgan fingerprint density at radius 2 is 2.26 bits per heavy atom. The van der Waals surface area contributed by atoms with Crippen LogP contribution in [0.25, 0.3) is 0 Å². The van der Waals surface area contributed by atoms with Gasteiger partial charge in [-0.2, -0.15) is 0 Å². The number of unbranched alkanes of at least 4 members (excludes halogenated alkanes) is 1. The average molecular weight is 257 g/mol. The fourth-order valence-corrected chi connectivity index (χ4v) is 2.22. The number of hydrogen-bond donors (Lipinski definition) is 1. The molecule has 0 spiro atoms. The molecule has 102 valence electrons. The van der Waals surface area contributed by atoms with Crippen LogP contribution in [0.15, 0.2) is 43.0 Å². The average Bonchev–Trinajstić information content (AvgIpc) is 2.89. The van der Waals surface area contributed by atoms with Gasteiger partial charge in [-0.1, -0.05) is 31.9 Å². The van der Waals surface area contributed by atoms with Gasteiger partial charge in [0, 0.05) is 30.7 Å². The van der Waals surface area contributed by atoms with Gasteiger partial charge in [0.25, 0.3) is 0 Å². The Morgan fingerprint density at radius 3 is 3.00 bits per heavy atom. The molecule has 2 aromatic rings. The molecule has 0 aliphatic carbocycles. The molecule has 1 aromatic heterocycles. The molecule has 0 fully saturated rings. The van der Waals surface area contributed by atoms with Gasteiger partial charge >= 0.3 is 0 Å². The molecule has 0 bridgehead atoms. The molecule has 3 nitrogen and oxygen atoms in total. The van der Waals surface area contributed by atoms with Gasteiger partial charge < -0.3 is 9.88 Å². The fraction of sp³-hybridized carbons (Fsp3) is 0.438. The van der Waals surface area contributed by atoms with Gasteiger partial charge in [0.05, 0.1) is 6.33 Å². The minimum Gasteiger partial charge on any atom is -0.383 e. The summed E-state index contributed by atoms with van der Waals surface area (Å²) in [6.45, 7) is 5.36. The predicted octanol–water partition coefficient (Wildman–Crippen LogP) is 3.92. The van der Waals surface area contributed by atoms with Crippen molar-refractivity contribution in [3.63, 3.8) is 0 Å². The molecule has 0 radical (unpaired) electrons. The second-order valence-electron chi connectivity index (χ2n) is 5.12. The molecule has 1 atom stereocenters. The zero-order chi connectivity index (χ0) is 13.5. The maximum atomic E-state index is 4.07. The number of nitrogens with one attached hydrogen (secondary N) is 1. The normalized spacial score (nSPS) is 12.3. The highest BCUT2D eigenvalue weighted by Gasteiger charge is 2.02. The van der Waals surface area contributed by atoms with Crippen LogP contribution < -0.4 is 5.32 Å². The molecule has 3 heteroatoms. The lowest BCUT2D eigenvalue weighted by Gasteiger charge is -2.15. The van der Waals surface area contributed by atoms with Crippen LogP contribution in [0.3, 0.4) is 0 Å². The molecule has 1 aromatic carbocycles. The predicted molar refractivity (Wildman–Crippen MR) is 80.4 cm³/mol. The van der Waals surface area contributed by atoms with E-state index in [1.54, 1.807) is 0 Å². The molecule has 0 saturated carbocycles. The lowest BCUT2D eigenvalue weighted by molar-refractivity contribution is 0.645. The van der Waals surface area contributed by atoms with Crippen molar-refractivity contribution in [2.45, 2.75) is 45.7 Å². The van der Waals surface area contributed by atoms with E-state index in [1.165, 1.54) is 30.5 Å². The Morgan fingerprint density at radius 1 is 1.37 bits per heavy atom. The zero-order valence-corrected chi connectivity index (χ0v) is 11.8. The molecule has 19 heavy (non-hydrogen) atoms. The monoisotopic (exact) mass is 257 g/mol. The number of anilines is 1. The Bertz CT molecular complexity index is 476. The van der Waals surface area contributed by atoms with E-state index in [0.717, 1.165) is 6.54 Å². The van der Waals surface area contributed by atoms with Crippen LogP contribution in [-0.4, -0.2) is 15.6 Å². The molecule has 1 N–H and O–H groups in total. The van der Waals surface area contributed by atoms with Crippen molar-refractivity contribution in [2.75, 3.05) is 5.32 Å². The minimum absolute atomic E-state index is 0.531. The third kappa shape index (κ3) is 4.43. The van der Waals surface area contributed by atoms with Crippen LogP contribution in [0.1, 0.15) is 38.7 Å². The van der Waals surface area contributed by atoms with Crippen LogP contribution >= 0.6 is 0 Å². The molecule has 1 unspecified atom stereocenters.